The highest BCUT2D eigenvalue weighted by Crippen LogP contribution is 2.34. The minimum Gasteiger partial charge on any atom is -0.494 e. The van der Waals surface area contributed by atoms with E-state index in [1.165, 1.54) is 0 Å². The Morgan fingerprint density at radius 2 is 1.88 bits per heavy atom. The third-order valence-electron chi connectivity index (χ3n) is 5.35. The van der Waals surface area contributed by atoms with Crippen molar-refractivity contribution in [3.63, 3.8) is 0 Å². The summed E-state index contributed by atoms with van der Waals surface area (Å²) in [5.74, 6) is 2.85. The van der Waals surface area contributed by atoms with Crippen LogP contribution in [0.15, 0.2) is 49.2 Å². The lowest BCUT2D eigenvalue weighted by Gasteiger charge is -2.29. The number of nitrogens with zero attached hydrogens (tertiary/aromatic N) is 6. The second-order valence-corrected chi connectivity index (χ2v) is 7.65. The summed E-state index contributed by atoms with van der Waals surface area (Å²) >= 11 is 0. The molecule has 0 unspecified atom stereocenters. The molecule has 0 amide bonds. The molecule has 0 bridgehead atoms. The number of methoxy groups -OCH3 is 1. The summed E-state index contributed by atoms with van der Waals surface area (Å²) in [6.45, 7) is 5.54. The van der Waals surface area contributed by atoms with Crippen molar-refractivity contribution < 1.29 is 4.74 Å². The molecule has 5 heterocycles. The van der Waals surface area contributed by atoms with E-state index in [2.05, 4.69) is 30.5 Å². The number of pyridine rings is 3. The van der Waals surface area contributed by atoms with Crippen LogP contribution >= 0.6 is 0 Å². The number of rotatable bonds is 5. The van der Waals surface area contributed by atoms with Gasteiger partial charge >= 0.3 is 0 Å². The molecule has 1 saturated heterocycles. The second kappa shape index (κ2) is 8.72. The van der Waals surface area contributed by atoms with Crippen LogP contribution in [0.3, 0.4) is 0 Å². The van der Waals surface area contributed by atoms with Crippen LogP contribution in [0.1, 0.15) is 5.56 Å². The second-order valence-electron chi connectivity index (χ2n) is 7.65. The number of anilines is 3. The van der Waals surface area contributed by atoms with Crippen molar-refractivity contribution in [3.05, 3.63) is 54.7 Å². The molecule has 0 saturated carbocycles. The normalized spacial score (nSPS) is 13.9. The molecule has 1 aliphatic heterocycles. The average Bonchev–Trinajstić information content (AvgIpc) is 2.83. The molecule has 162 valence electrons. The van der Waals surface area contributed by atoms with E-state index in [-0.39, 0.29) is 0 Å². The van der Waals surface area contributed by atoms with E-state index in [9.17, 15) is 0 Å². The van der Waals surface area contributed by atoms with E-state index in [0.29, 0.717) is 17.4 Å². The molecular weight excluding hydrogens is 404 g/mol. The van der Waals surface area contributed by atoms with Gasteiger partial charge < -0.3 is 20.3 Å². The molecule has 0 aliphatic carbocycles. The minimum absolute atomic E-state index is 0.619. The summed E-state index contributed by atoms with van der Waals surface area (Å²) in [6.07, 6.45) is 8.81. The standard InChI is InChI=1S/C23H24N8O/c1-15-9-17(12-25-11-15)28-20-10-16(3-4-27-20)22-29-18-13-26-14-19(32-2)21(18)23(30-22)31-7-5-24-6-8-31/h3-4,9-14,24H,5-8H2,1-2H3,(H,27,28). The zero-order valence-corrected chi connectivity index (χ0v) is 18.0. The summed E-state index contributed by atoms with van der Waals surface area (Å²) in [5, 5.41) is 7.58. The predicted octanol–water partition coefficient (Wildman–Crippen LogP) is 2.95. The van der Waals surface area contributed by atoms with Crippen LogP contribution in [0.2, 0.25) is 0 Å². The maximum Gasteiger partial charge on any atom is 0.162 e. The first kappa shape index (κ1) is 20.1. The lowest BCUT2D eigenvalue weighted by Crippen LogP contribution is -2.44. The summed E-state index contributed by atoms with van der Waals surface area (Å²) in [5.41, 5.74) is 3.57. The first-order valence-electron chi connectivity index (χ1n) is 10.5. The van der Waals surface area contributed by atoms with Crippen molar-refractivity contribution in [2.24, 2.45) is 0 Å². The van der Waals surface area contributed by atoms with Crippen molar-refractivity contribution in [1.29, 1.82) is 0 Å². The first-order valence-corrected chi connectivity index (χ1v) is 10.5. The quantitative estimate of drug-likeness (QED) is 0.497. The molecular formula is C23H24N8O. The molecule has 9 heteroatoms. The van der Waals surface area contributed by atoms with Gasteiger partial charge in [0.1, 0.15) is 17.4 Å². The van der Waals surface area contributed by atoms with Gasteiger partial charge in [0.25, 0.3) is 0 Å². The fourth-order valence-corrected chi connectivity index (χ4v) is 3.83. The Balaban J connectivity index is 1.58. The number of piperazine rings is 1. The van der Waals surface area contributed by atoms with Crippen LogP contribution < -0.4 is 20.3 Å². The Labute approximate surface area is 185 Å². The predicted molar refractivity (Wildman–Crippen MR) is 124 cm³/mol. The number of ether oxygens (including phenoxy) is 1. The van der Waals surface area contributed by atoms with Gasteiger partial charge in [0.05, 0.1) is 42.3 Å². The molecule has 9 nitrogen and oxygen atoms in total. The Morgan fingerprint density at radius 1 is 1.03 bits per heavy atom. The molecule has 0 aromatic carbocycles. The van der Waals surface area contributed by atoms with Crippen molar-refractivity contribution in [3.8, 4) is 17.1 Å². The topological polar surface area (TPSA) is 101 Å². The molecule has 5 rings (SSSR count). The minimum atomic E-state index is 0.619. The van der Waals surface area contributed by atoms with Gasteiger partial charge in [-0.3, -0.25) is 9.97 Å². The average molecular weight is 429 g/mol. The SMILES string of the molecule is COc1cncc2nc(-c3ccnc(Nc4cncc(C)c4)c3)nc(N3CCNCC3)c12. The third kappa shape index (κ3) is 4.02. The van der Waals surface area contributed by atoms with Crippen molar-refractivity contribution in [2.45, 2.75) is 6.92 Å². The lowest BCUT2D eigenvalue weighted by atomic mass is 10.2. The van der Waals surface area contributed by atoms with Gasteiger partial charge in [-0.1, -0.05) is 0 Å². The number of aryl methyl sites for hydroxylation is 1. The molecule has 2 N–H and O–H groups in total. The Hall–Kier alpha value is -3.85. The zero-order chi connectivity index (χ0) is 21.9. The Kier molecular flexibility index (Phi) is 5.47. The van der Waals surface area contributed by atoms with E-state index in [0.717, 1.165) is 59.7 Å². The van der Waals surface area contributed by atoms with Crippen molar-refractivity contribution in [2.75, 3.05) is 43.5 Å². The van der Waals surface area contributed by atoms with Gasteiger partial charge in [-0.2, -0.15) is 0 Å². The summed E-state index contributed by atoms with van der Waals surface area (Å²) < 4.78 is 5.59. The molecule has 1 fully saturated rings. The van der Waals surface area contributed by atoms with Crippen molar-refractivity contribution >= 4 is 28.2 Å². The molecule has 32 heavy (non-hydrogen) atoms. The van der Waals surface area contributed by atoms with E-state index in [1.54, 1.807) is 31.9 Å². The van der Waals surface area contributed by atoms with Crippen LogP contribution in [-0.4, -0.2) is 58.2 Å². The maximum absolute atomic E-state index is 5.59. The number of aromatic nitrogens is 5. The maximum atomic E-state index is 5.59. The number of nitrogens with one attached hydrogen (secondary N) is 2. The smallest absolute Gasteiger partial charge is 0.162 e. The summed E-state index contributed by atoms with van der Waals surface area (Å²) in [4.78, 5) is 25.0. The Morgan fingerprint density at radius 3 is 2.69 bits per heavy atom. The van der Waals surface area contributed by atoms with Crippen LogP contribution in [0.4, 0.5) is 17.3 Å². The van der Waals surface area contributed by atoms with E-state index >= 15 is 0 Å². The van der Waals surface area contributed by atoms with Gasteiger partial charge in [-0.05, 0) is 30.7 Å². The van der Waals surface area contributed by atoms with Gasteiger partial charge in [-0.15, -0.1) is 0 Å². The van der Waals surface area contributed by atoms with Gasteiger partial charge in [0, 0.05) is 44.1 Å². The third-order valence-corrected chi connectivity index (χ3v) is 5.35. The van der Waals surface area contributed by atoms with Gasteiger partial charge in [-0.25, -0.2) is 15.0 Å². The summed E-state index contributed by atoms with van der Waals surface area (Å²) in [6, 6.07) is 5.88. The molecule has 4 aromatic heterocycles. The van der Waals surface area contributed by atoms with E-state index in [4.69, 9.17) is 14.7 Å². The highest BCUT2D eigenvalue weighted by atomic mass is 16.5. The largest absolute Gasteiger partial charge is 0.494 e. The van der Waals surface area contributed by atoms with Crippen molar-refractivity contribution in [1.82, 2.24) is 30.2 Å². The van der Waals surface area contributed by atoms with E-state index in [1.807, 2.05) is 31.3 Å². The van der Waals surface area contributed by atoms with Crippen LogP contribution in [0.5, 0.6) is 5.75 Å². The van der Waals surface area contributed by atoms with E-state index < -0.39 is 0 Å². The highest BCUT2D eigenvalue weighted by molar-refractivity contribution is 5.95. The Bertz CT molecular complexity index is 1260. The molecule has 0 spiro atoms. The van der Waals surface area contributed by atoms with Gasteiger partial charge in [0.2, 0.25) is 0 Å². The monoisotopic (exact) mass is 428 g/mol. The number of fused-ring (bicyclic) bond motifs is 1. The summed E-state index contributed by atoms with van der Waals surface area (Å²) in [7, 11) is 1.65. The van der Waals surface area contributed by atoms with Crippen LogP contribution in [0.25, 0.3) is 22.3 Å². The lowest BCUT2D eigenvalue weighted by molar-refractivity contribution is 0.418. The van der Waals surface area contributed by atoms with Crippen LogP contribution in [0, 0.1) is 6.92 Å². The number of hydrogen-bond acceptors (Lipinski definition) is 9. The fraction of sp³-hybridized carbons (Fsp3) is 0.261. The zero-order valence-electron chi connectivity index (χ0n) is 18.0. The molecule has 0 radical (unpaired) electrons. The molecule has 1 aliphatic rings. The fourth-order valence-electron chi connectivity index (χ4n) is 3.83. The van der Waals surface area contributed by atoms with Gasteiger partial charge in [0.15, 0.2) is 5.82 Å². The molecule has 4 aromatic rings. The highest BCUT2D eigenvalue weighted by Gasteiger charge is 2.20. The first-order chi connectivity index (χ1) is 15.7. The molecule has 0 atom stereocenters. The van der Waals surface area contributed by atoms with Crippen LogP contribution in [-0.2, 0) is 0 Å². The number of hydrogen-bond donors (Lipinski definition) is 2.